The number of hydrogen-bond acceptors (Lipinski definition) is 12. The van der Waals surface area contributed by atoms with E-state index in [1.165, 1.54) is 116 Å². The highest BCUT2D eigenvalue weighted by atomic mass is 16.8. The van der Waals surface area contributed by atoms with Crippen LogP contribution in [0.15, 0.2) is 0 Å². The summed E-state index contributed by atoms with van der Waals surface area (Å²) in [4.78, 5) is 13.6. The number of carbonyl (C=O) groups excluding carboxylic acids is 1. The number of ether oxygens (including phenoxy) is 3. The van der Waals surface area contributed by atoms with Gasteiger partial charge in [-0.05, 0) is 6.42 Å². The van der Waals surface area contributed by atoms with Gasteiger partial charge < -0.3 is 55.1 Å². The number of aliphatic hydroxyl groups is 8. The van der Waals surface area contributed by atoms with E-state index in [4.69, 9.17) is 14.2 Å². The van der Waals surface area contributed by atoms with Crippen molar-refractivity contribution in [3.05, 3.63) is 0 Å². The van der Waals surface area contributed by atoms with E-state index in [0.29, 0.717) is 12.8 Å². The van der Waals surface area contributed by atoms with Crippen molar-refractivity contribution in [2.75, 3.05) is 19.8 Å². The molecule has 2 aliphatic heterocycles. The molecule has 2 fully saturated rings. The molecule has 0 radical (unpaired) electrons. The summed E-state index contributed by atoms with van der Waals surface area (Å²) in [6.45, 7) is -0.453. The second-order valence-corrected chi connectivity index (χ2v) is 14.7. The molecule has 12 heteroatoms. The van der Waals surface area contributed by atoms with Crippen molar-refractivity contribution >= 4 is 5.78 Å². The topological polar surface area (TPSA) is 207 Å². The number of rotatable bonds is 30. The summed E-state index contributed by atoms with van der Waals surface area (Å²) in [5.41, 5.74) is 0. The van der Waals surface area contributed by atoms with Crippen LogP contribution in [-0.4, -0.2) is 121 Å². The van der Waals surface area contributed by atoms with E-state index in [9.17, 15) is 45.6 Å². The fraction of sp³-hybridized carbons (Fsp3) is 0.974. The Morgan fingerprint density at radius 2 is 0.900 bits per heavy atom. The minimum absolute atomic E-state index is 0.180. The Kier molecular flexibility index (Phi) is 23.0. The SMILES string of the molecule is CCCCCCCCCCCCCCCCCCCCCCCCCC(=O)[C@@]1(OC2(CO)O[C@H](CO)[C@@H](O)[C@@H]2O)O[C@H](CO)[C@@H](O)[C@H](O)[C@H]1O. The summed E-state index contributed by atoms with van der Waals surface area (Å²) in [5.74, 6) is -6.13. The molecule has 0 saturated carbocycles. The Morgan fingerprint density at radius 3 is 1.26 bits per heavy atom. The maximum atomic E-state index is 13.6. The van der Waals surface area contributed by atoms with Crippen molar-refractivity contribution in [1.82, 2.24) is 0 Å². The first kappa shape index (κ1) is 45.4. The standard InChI is InChI=1S/C38H72O12/c1-2-3-4-5-6-7-8-9-10-11-12-13-14-15-16-17-18-19-20-21-22-23-24-25-31(42)38(36(47)34(45)32(43)29(26-39)49-38)50-37(28-41)35(46)33(44)30(27-40)48-37/h29-30,32-36,39-41,43-47H,2-28H2,1H3/t29-,30-,32-,33-,34+,35+,36-,37?,38+/m1/s1. The van der Waals surface area contributed by atoms with Gasteiger partial charge in [-0.2, -0.15) is 0 Å². The molecule has 2 saturated heterocycles. The Bertz CT molecular complexity index is 877. The summed E-state index contributed by atoms with van der Waals surface area (Å²) >= 11 is 0. The lowest BCUT2D eigenvalue weighted by molar-refractivity contribution is -0.416. The third kappa shape index (κ3) is 13.9. The molecule has 0 aromatic heterocycles. The van der Waals surface area contributed by atoms with Crippen LogP contribution in [-0.2, 0) is 19.0 Å². The van der Waals surface area contributed by atoms with Gasteiger partial charge in [0.2, 0.25) is 5.79 Å². The van der Waals surface area contributed by atoms with Crippen molar-refractivity contribution < 1.29 is 59.9 Å². The summed E-state index contributed by atoms with van der Waals surface area (Å²) < 4.78 is 16.7. The predicted molar refractivity (Wildman–Crippen MR) is 189 cm³/mol. The molecular formula is C38H72O12. The average molecular weight is 721 g/mol. The molecule has 0 spiro atoms. The van der Waals surface area contributed by atoms with Gasteiger partial charge in [-0.3, -0.25) is 4.79 Å². The maximum Gasteiger partial charge on any atom is 0.261 e. The van der Waals surface area contributed by atoms with Crippen LogP contribution in [0.4, 0.5) is 0 Å². The van der Waals surface area contributed by atoms with Gasteiger partial charge in [-0.25, -0.2) is 0 Å². The first-order valence-corrected chi connectivity index (χ1v) is 20.0. The molecule has 2 rings (SSSR count). The normalized spacial score (nSPS) is 31.4. The molecule has 0 aromatic rings. The number of unbranched alkanes of at least 4 members (excludes halogenated alkanes) is 22. The minimum atomic E-state index is -2.76. The average Bonchev–Trinajstić information content (AvgIpc) is 3.36. The van der Waals surface area contributed by atoms with Crippen molar-refractivity contribution in [1.29, 1.82) is 0 Å². The predicted octanol–water partition coefficient (Wildman–Crippen LogP) is 3.93. The lowest BCUT2D eigenvalue weighted by atomic mass is 9.87. The van der Waals surface area contributed by atoms with Gasteiger partial charge in [0.05, 0.1) is 13.2 Å². The number of ketones is 1. The van der Waals surface area contributed by atoms with Gasteiger partial charge in [-0.1, -0.05) is 148 Å². The molecule has 50 heavy (non-hydrogen) atoms. The first-order valence-electron chi connectivity index (χ1n) is 20.0. The molecule has 0 aromatic carbocycles. The van der Waals surface area contributed by atoms with Gasteiger partial charge in [0, 0.05) is 6.42 Å². The maximum absolute atomic E-state index is 13.6. The third-order valence-corrected chi connectivity index (χ3v) is 10.6. The molecule has 2 aliphatic rings. The second-order valence-electron chi connectivity index (χ2n) is 14.7. The highest BCUT2D eigenvalue weighted by Gasteiger charge is 2.65. The van der Waals surface area contributed by atoms with Crippen molar-refractivity contribution in [3.8, 4) is 0 Å². The third-order valence-electron chi connectivity index (χ3n) is 10.6. The molecule has 0 aliphatic carbocycles. The van der Waals surface area contributed by atoms with Crippen LogP contribution >= 0.6 is 0 Å². The Morgan fingerprint density at radius 1 is 0.520 bits per heavy atom. The number of hydrogen-bond donors (Lipinski definition) is 8. The zero-order chi connectivity index (χ0) is 36.8. The van der Waals surface area contributed by atoms with Crippen molar-refractivity contribution in [2.45, 2.75) is 215 Å². The van der Waals surface area contributed by atoms with E-state index < -0.39 is 79.9 Å². The summed E-state index contributed by atoms with van der Waals surface area (Å²) in [6, 6.07) is 0. The van der Waals surface area contributed by atoms with E-state index in [2.05, 4.69) is 6.92 Å². The fourth-order valence-electron chi connectivity index (χ4n) is 7.27. The summed E-state index contributed by atoms with van der Waals surface area (Å²) in [6.07, 6.45) is 15.6. The number of Topliss-reactive ketones (excluding diaryl/α,β-unsaturated/α-hetero) is 1. The Labute approximate surface area is 300 Å². The molecule has 0 bridgehead atoms. The molecular weight excluding hydrogens is 648 g/mol. The van der Waals surface area contributed by atoms with Gasteiger partial charge >= 0.3 is 0 Å². The van der Waals surface area contributed by atoms with Crippen LogP contribution in [0.3, 0.4) is 0 Å². The largest absolute Gasteiger partial charge is 0.394 e. The summed E-state index contributed by atoms with van der Waals surface area (Å²) in [5, 5.41) is 82.2. The first-order chi connectivity index (χ1) is 24.1. The molecule has 2 heterocycles. The fourth-order valence-corrected chi connectivity index (χ4v) is 7.27. The van der Waals surface area contributed by atoms with Crippen LogP contribution in [0.1, 0.15) is 161 Å². The van der Waals surface area contributed by atoms with E-state index in [-0.39, 0.29) is 6.42 Å². The highest BCUT2D eigenvalue weighted by molar-refractivity contribution is 5.87. The van der Waals surface area contributed by atoms with Gasteiger partial charge in [0.15, 0.2) is 5.78 Å². The lowest BCUT2D eigenvalue weighted by Gasteiger charge is -2.50. The molecule has 8 N–H and O–H groups in total. The van der Waals surface area contributed by atoms with E-state index in [0.717, 1.165) is 19.3 Å². The van der Waals surface area contributed by atoms with Crippen LogP contribution in [0.5, 0.6) is 0 Å². The zero-order valence-electron chi connectivity index (χ0n) is 30.8. The molecule has 9 atom stereocenters. The quantitative estimate of drug-likeness (QED) is 0.0497. The van der Waals surface area contributed by atoms with Crippen LogP contribution in [0.2, 0.25) is 0 Å². The monoisotopic (exact) mass is 721 g/mol. The second kappa shape index (κ2) is 25.3. The van der Waals surface area contributed by atoms with Crippen molar-refractivity contribution in [2.24, 2.45) is 0 Å². The Balaban J connectivity index is 1.63. The van der Waals surface area contributed by atoms with Crippen LogP contribution in [0.25, 0.3) is 0 Å². The smallest absolute Gasteiger partial charge is 0.261 e. The van der Waals surface area contributed by atoms with Gasteiger partial charge in [0.1, 0.15) is 49.3 Å². The minimum Gasteiger partial charge on any atom is -0.394 e. The highest BCUT2D eigenvalue weighted by Crippen LogP contribution is 2.42. The Hall–Kier alpha value is -0.770. The van der Waals surface area contributed by atoms with Gasteiger partial charge in [0.25, 0.3) is 5.79 Å². The lowest BCUT2D eigenvalue weighted by Crippen LogP contribution is -2.72. The molecule has 0 amide bonds. The van der Waals surface area contributed by atoms with E-state index >= 15 is 0 Å². The van der Waals surface area contributed by atoms with Crippen LogP contribution < -0.4 is 0 Å². The number of carbonyl (C=O) groups is 1. The summed E-state index contributed by atoms with van der Waals surface area (Å²) in [7, 11) is 0. The zero-order valence-corrected chi connectivity index (χ0v) is 30.8. The van der Waals surface area contributed by atoms with E-state index in [1.54, 1.807) is 0 Å². The van der Waals surface area contributed by atoms with Gasteiger partial charge in [-0.15, -0.1) is 0 Å². The van der Waals surface area contributed by atoms with E-state index in [1.807, 2.05) is 0 Å². The molecule has 12 nitrogen and oxygen atoms in total. The number of aliphatic hydroxyl groups excluding tert-OH is 8. The molecule has 1 unspecified atom stereocenters. The van der Waals surface area contributed by atoms with Crippen molar-refractivity contribution in [3.63, 3.8) is 0 Å². The molecule has 296 valence electrons. The van der Waals surface area contributed by atoms with Crippen LogP contribution in [0, 0.1) is 0 Å².